The lowest BCUT2D eigenvalue weighted by Gasteiger charge is -2.28. The Morgan fingerprint density at radius 1 is 0.538 bits per heavy atom. The number of hydrogen-bond donors (Lipinski definition) is 9. The number of hydrogen-bond acceptors (Lipinski definition) is 12. The minimum atomic E-state index is -1.23. The first-order chi connectivity index (χ1) is 18.1. The van der Waals surface area contributed by atoms with Gasteiger partial charge in [-0.1, -0.05) is 0 Å². The van der Waals surface area contributed by atoms with Crippen molar-refractivity contribution in [3.63, 3.8) is 0 Å². The number of nitrogens with one attached hydrogen (secondary N) is 1. The molecule has 1 unspecified atom stereocenters. The zero-order chi connectivity index (χ0) is 30.5. The van der Waals surface area contributed by atoms with Crippen molar-refractivity contribution in [2.75, 3.05) is 72.1 Å². The summed E-state index contributed by atoms with van der Waals surface area (Å²) in [6.45, 7) is -3.74. The van der Waals surface area contributed by atoms with Crippen LogP contribution < -0.4 is 5.32 Å². The number of rotatable bonds is 22. The maximum absolute atomic E-state index is 10.7. The van der Waals surface area contributed by atoms with E-state index in [0.717, 1.165) is 14.7 Å². The minimum absolute atomic E-state index is 0.0703. The summed E-state index contributed by atoms with van der Waals surface area (Å²) < 4.78 is 0. The molecule has 0 spiro atoms. The molecule has 0 aromatic rings. The van der Waals surface area contributed by atoms with Gasteiger partial charge in [0.2, 0.25) is 0 Å². The molecule has 0 saturated heterocycles. The van der Waals surface area contributed by atoms with E-state index >= 15 is 0 Å². The van der Waals surface area contributed by atoms with Crippen LogP contribution in [-0.2, 0) is 33.6 Å². The fourth-order valence-electron chi connectivity index (χ4n) is 3.05. The van der Waals surface area contributed by atoms with E-state index in [1.54, 1.807) is 0 Å². The predicted molar refractivity (Wildman–Crippen MR) is 126 cm³/mol. The van der Waals surface area contributed by atoms with Crippen molar-refractivity contribution >= 4 is 41.8 Å². The molecule has 0 aliphatic rings. The fourth-order valence-corrected chi connectivity index (χ4v) is 3.05. The van der Waals surface area contributed by atoms with Gasteiger partial charge < -0.3 is 46.2 Å². The minimum Gasteiger partial charge on any atom is -0.480 e. The molecule has 39 heavy (non-hydrogen) atoms. The lowest BCUT2D eigenvalue weighted by molar-refractivity contribution is -0.145. The number of carbonyl (C=O) groups is 7. The lowest BCUT2D eigenvalue weighted by Crippen LogP contribution is -2.48. The third kappa shape index (κ3) is 24.2. The lowest BCUT2D eigenvalue weighted by atomic mass is 10.1. The molecule has 0 heterocycles. The van der Waals surface area contributed by atoms with Crippen LogP contribution in [0.25, 0.3) is 0 Å². The first-order valence-electron chi connectivity index (χ1n) is 11.1. The predicted octanol–water partition coefficient (Wildman–Crippen LogP) is -4.19. The Hall–Kier alpha value is -3.91. The van der Waals surface area contributed by atoms with Gasteiger partial charge in [-0.25, -0.2) is 0 Å². The quantitative estimate of drug-likeness (QED) is 0.0596. The third-order valence-electron chi connectivity index (χ3n) is 4.48. The maximum Gasteiger partial charge on any atom is 0.317 e. The number of carboxylic acid groups (broad SMARTS) is 7. The van der Waals surface area contributed by atoms with Crippen molar-refractivity contribution in [1.82, 2.24) is 20.0 Å². The van der Waals surface area contributed by atoms with Crippen LogP contribution in [0, 0.1) is 0 Å². The van der Waals surface area contributed by atoms with Crippen LogP contribution in [0.1, 0.15) is 6.42 Å². The Morgan fingerprint density at radius 2 is 0.872 bits per heavy atom. The molecule has 9 N–H and O–H groups in total. The molecule has 0 fully saturated rings. The second kappa shape index (κ2) is 21.1. The van der Waals surface area contributed by atoms with Crippen molar-refractivity contribution < 1.29 is 74.4 Å². The van der Waals surface area contributed by atoms with Crippen LogP contribution in [0.4, 0.5) is 0 Å². The number of nitrogens with zero attached hydrogens (tertiary/aromatic N) is 3. The summed E-state index contributed by atoms with van der Waals surface area (Å²) in [6, 6.07) is -0.573. The van der Waals surface area contributed by atoms with Gasteiger partial charge in [-0.2, -0.15) is 0 Å². The average Bonchev–Trinajstić information content (AvgIpc) is 2.74. The monoisotopic (exact) mass is 570 g/mol. The Morgan fingerprint density at radius 3 is 1.13 bits per heavy atom. The van der Waals surface area contributed by atoms with Gasteiger partial charge in [-0.05, 0) is 6.42 Å². The second-order valence-electron chi connectivity index (χ2n) is 7.88. The molecule has 0 aliphatic carbocycles. The van der Waals surface area contributed by atoms with Crippen LogP contribution in [0.3, 0.4) is 0 Å². The number of carboxylic acids is 7. The molecule has 0 aliphatic heterocycles. The molecule has 19 heteroatoms. The van der Waals surface area contributed by atoms with Gasteiger partial charge in [-0.3, -0.25) is 48.3 Å². The highest BCUT2D eigenvalue weighted by atomic mass is 16.4. The van der Waals surface area contributed by atoms with E-state index in [2.05, 4.69) is 5.32 Å². The Kier molecular flexibility index (Phi) is 20.1. The number of aliphatic carboxylic acids is 7. The third-order valence-corrected chi connectivity index (χ3v) is 4.48. The van der Waals surface area contributed by atoms with Gasteiger partial charge in [0.15, 0.2) is 0 Å². The fraction of sp³-hybridized carbons (Fsp3) is 0.650. The molecule has 224 valence electrons. The van der Waals surface area contributed by atoms with Gasteiger partial charge in [0.05, 0.1) is 45.8 Å². The highest BCUT2D eigenvalue weighted by molar-refractivity contribution is 5.74. The van der Waals surface area contributed by atoms with E-state index in [0.29, 0.717) is 0 Å². The zero-order valence-electron chi connectivity index (χ0n) is 20.8. The number of aliphatic hydroxyl groups excluding tert-OH is 1. The molecule has 0 amide bonds. The van der Waals surface area contributed by atoms with Gasteiger partial charge in [0, 0.05) is 32.3 Å². The van der Waals surface area contributed by atoms with E-state index in [1.807, 2.05) is 0 Å². The first kappa shape index (κ1) is 37.2. The summed E-state index contributed by atoms with van der Waals surface area (Å²) in [6.07, 6.45) is 0.146. The molecular formula is C20H34N4O15. The molecule has 0 saturated carbocycles. The van der Waals surface area contributed by atoms with E-state index in [1.165, 1.54) is 0 Å². The first-order valence-corrected chi connectivity index (χ1v) is 11.1. The van der Waals surface area contributed by atoms with Crippen molar-refractivity contribution in [2.45, 2.75) is 12.5 Å². The van der Waals surface area contributed by atoms with Gasteiger partial charge >= 0.3 is 41.8 Å². The maximum atomic E-state index is 10.7. The van der Waals surface area contributed by atoms with Crippen LogP contribution in [0.2, 0.25) is 0 Å². The van der Waals surface area contributed by atoms with Gasteiger partial charge in [0.1, 0.15) is 0 Å². The summed E-state index contributed by atoms with van der Waals surface area (Å²) in [5.41, 5.74) is 0. The van der Waals surface area contributed by atoms with Crippen molar-refractivity contribution in [1.29, 1.82) is 0 Å². The van der Waals surface area contributed by atoms with E-state index in [4.69, 9.17) is 40.9 Å². The van der Waals surface area contributed by atoms with E-state index < -0.39 is 87.1 Å². The van der Waals surface area contributed by atoms with Crippen molar-refractivity contribution in [3.05, 3.63) is 0 Å². The highest BCUT2D eigenvalue weighted by Gasteiger charge is 2.23. The van der Waals surface area contributed by atoms with E-state index in [9.17, 15) is 33.6 Å². The Labute approximate surface area is 221 Å². The van der Waals surface area contributed by atoms with Crippen LogP contribution in [0.15, 0.2) is 0 Å². The topological polar surface area (TPSA) is 303 Å². The standard InChI is InChI=1S/C10H16N2O8.C10H18N2O7/c13-7(14)3-11(4-8(15)16)1-2-12(5-9(17)18)6-10(19)20;13-2-1-7(3-11-4-8(14)15)12(5-9(16)17)6-10(18)19/h1-6H2,(H,13,14)(H,15,16)(H,17,18)(H,19,20);7,11,13H,1-6H2,(H,14,15)(H,16,17)(H,18,19). The molecule has 1 atom stereocenters. The summed E-state index contributed by atoms with van der Waals surface area (Å²) in [4.78, 5) is 77.2. The average molecular weight is 571 g/mol. The Bertz CT molecular complexity index is 754. The summed E-state index contributed by atoms with van der Waals surface area (Å²) >= 11 is 0. The van der Waals surface area contributed by atoms with Crippen molar-refractivity contribution in [2.24, 2.45) is 0 Å². The molecule has 0 rings (SSSR count). The van der Waals surface area contributed by atoms with E-state index in [-0.39, 0.29) is 39.2 Å². The summed E-state index contributed by atoms with van der Waals surface area (Å²) in [7, 11) is 0. The summed E-state index contributed by atoms with van der Waals surface area (Å²) in [5.74, 6) is -8.37. The molecule has 19 nitrogen and oxygen atoms in total. The normalized spacial score (nSPS) is 11.5. The van der Waals surface area contributed by atoms with Crippen LogP contribution >= 0.6 is 0 Å². The Balaban J connectivity index is 0. The van der Waals surface area contributed by atoms with Gasteiger partial charge in [0.25, 0.3) is 0 Å². The molecule has 0 bridgehead atoms. The molecule has 0 aromatic heterocycles. The zero-order valence-corrected chi connectivity index (χ0v) is 20.8. The SMILES string of the molecule is O=C(O)CN(CCN(CC(=O)O)CC(=O)O)CC(=O)O.O=C(O)CNCC(CCO)N(CC(=O)O)CC(=O)O. The highest BCUT2D eigenvalue weighted by Crippen LogP contribution is 2.03. The van der Waals surface area contributed by atoms with Gasteiger partial charge in [-0.15, -0.1) is 0 Å². The molecule has 0 aromatic carbocycles. The van der Waals surface area contributed by atoms with Crippen LogP contribution in [-0.4, -0.2) is 175 Å². The molecular weight excluding hydrogens is 536 g/mol. The largest absolute Gasteiger partial charge is 0.480 e. The summed E-state index contributed by atoms with van der Waals surface area (Å²) in [5, 5.41) is 71.8. The van der Waals surface area contributed by atoms with Crippen LogP contribution in [0.5, 0.6) is 0 Å². The number of aliphatic hydroxyl groups is 1. The smallest absolute Gasteiger partial charge is 0.317 e. The molecule has 0 radical (unpaired) electrons. The van der Waals surface area contributed by atoms with Crippen molar-refractivity contribution in [3.8, 4) is 0 Å². The second-order valence-corrected chi connectivity index (χ2v) is 7.88.